The number of Topliss-reactive ketones (excluding diaryl/α,β-unsaturated/α-hetero) is 1. The second kappa shape index (κ2) is 21.3. The van der Waals surface area contributed by atoms with Crippen molar-refractivity contribution in [3.63, 3.8) is 0 Å². The van der Waals surface area contributed by atoms with Crippen LogP contribution in [0.3, 0.4) is 0 Å². The van der Waals surface area contributed by atoms with Crippen molar-refractivity contribution in [2.45, 2.75) is 185 Å². The molecule has 19 heteroatoms. The highest BCUT2D eigenvalue weighted by molar-refractivity contribution is 6.42. The van der Waals surface area contributed by atoms with Crippen molar-refractivity contribution in [2.24, 2.45) is 23.7 Å². The molecule has 0 amide bonds. The van der Waals surface area contributed by atoms with Gasteiger partial charge in [-0.1, -0.05) is 55.3 Å². The summed E-state index contributed by atoms with van der Waals surface area (Å²) in [5.41, 5.74) is -2.58. The zero-order chi connectivity index (χ0) is 48.6. The number of carbonyl (C=O) groups excluding carboxylic acids is 2. The maximum Gasteiger partial charge on any atom is 0.311 e. The normalized spacial score (nSPS) is 41.8. The number of halogens is 2. The van der Waals surface area contributed by atoms with Crippen LogP contribution in [0.1, 0.15) is 99.3 Å². The summed E-state index contributed by atoms with van der Waals surface area (Å²) in [7, 11) is 3.43. The van der Waals surface area contributed by atoms with E-state index < -0.39 is 108 Å². The van der Waals surface area contributed by atoms with Gasteiger partial charge in [0.1, 0.15) is 29.7 Å². The molecule has 5 heterocycles. The molecular weight excluding hydrogens is 899 g/mol. The number of hydrogen-bond donors (Lipinski definition) is 4. The topological polar surface area (TPSA) is 214 Å². The van der Waals surface area contributed by atoms with E-state index in [0.717, 1.165) is 11.3 Å². The van der Waals surface area contributed by atoms with E-state index in [1.54, 1.807) is 51.4 Å². The molecule has 1 aromatic heterocycles. The summed E-state index contributed by atoms with van der Waals surface area (Å²) in [5.74, 6) is -4.56. The van der Waals surface area contributed by atoms with Crippen molar-refractivity contribution >= 4 is 35.0 Å². The van der Waals surface area contributed by atoms with Gasteiger partial charge in [-0.15, -0.1) is 5.10 Å². The van der Waals surface area contributed by atoms with E-state index in [9.17, 15) is 30.0 Å². The number of likely N-dealkylation sites (N-methyl/N-ethyl adjacent to an activating group) is 1. The molecule has 4 N–H and O–H groups in total. The van der Waals surface area contributed by atoms with Crippen molar-refractivity contribution in [2.75, 3.05) is 27.3 Å². The third kappa shape index (κ3) is 11.3. The van der Waals surface area contributed by atoms with Crippen LogP contribution in [0.5, 0.6) is 0 Å². The lowest BCUT2D eigenvalue weighted by Crippen LogP contribution is -2.61. The molecule has 4 aliphatic heterocycles. The molecule has 0 saturated carbocycles. The van der Waals surface area contributed by atoms with E-state index >= 15 is 0 Å². The second-order valence-electron chi connectivity index (χ2n) is 20.0. The first-order chi connectivity index (χ1) is 30.9. The summed E-state index contributed by atoms with van der Waals surface area (Å²) in [4.78, 5) is 30.6. The van der Waals surface area contributed by atoms with Gasteiger partial charge in [0.05, 0.1) is 76.5 Å². The minimum absolute atomic E-state index is 0.00390. The number of aliphatic hydroxyl groups is 4. The fourth-order valence-corrected chi connectivity index (χ4v) is 10.8. The van der Waals surface area contributed by atoms with Crippen LogP contribution in [-0.2, 0) is 55.7 Å². The van der Waals surface area contributed by atoms with Gasteiger partial charge in [-0.3, -0.25) is 9.59 Å². The van der Waals surface area contributed by atoms with Crippen LogP contribution in [0.25, 0.3) is 0 Å². The van der Waals surface area contributed by atoms with Crippen LogP contribution in [-0.4, -0.2) is 164 Å². The molecule has 0 spiro atoms. The summed E-state index contributed by atoms with van der Waals surface area (Å²) in [6.07, 6.45) is -6.83. The van der Waals surface area contributed by atoms with Crippen LogP contribution in [0, 0.1) is 23.7 Å². The Morgan fingerprint density at radius 1 is 0.970 bits per heavy atom. The van der Waals surface area contributed by atoms with Gasteiger partial charge in [-0.05, 0) is 85.5 Å². The number of esters is 1. The Labute approximate surface area is 398 Å². The summed E-state index contributed by atoms with van der Waals surface area (Å²) in [5, 5.41) is 56.2. The van der Waals surface area contributed by atoms with Crippen LogP contribution < -0.4 is 0 Å². The van der Waals surface area contributed by atoms with Gasteiger partial charge in [0, 0.05) is 56.5 Å². The lowest BCUT2D eigenvalue weighted by molar-refractivity contribution is -0.317. The van der Waals surface area contributed by atoms with E-state index in [-0.39, 0.29) is 37.8 Å². The first-order valence-electron chi connectivity index (χ1n) is 23.3. The van der Waals surface area contributed by atoms with Crippen molar-refractivity contribution in [1.29, 1.82) is 0 Å². The number of fused-ring (bicyclic) bond motifs is 2. The van der Waals surface area contributed by atoms with Crippen molar-refractivity contribution < 1.29 is 63.2 Å². The molecule has 66 heavy (non-hydrogen) atoms. The Bertz CT molecular complexity index is 1980. The number of hydrogen-bond acceptors (Lipinski definition) is 16. The fourth-order valence-electron chi connectivity index (χ4n) is 10.5. The van der Waals surface area contributed by atoms with Crippen LogP contribution in [0.2, 0.25) is 10.0 Å². The van der Waals surface area contributed by atoms with E-state index in [0.29, 0.717) is 36.0 Å². The van der Waals surface area contributed by atoms with Gasteiger partial charge in [0.15, 0.2) is 12.6 Å². The molecular formula is C47H72Cl2N4O13. The summed E-state index contributed by atoms with van der Waals surface area (Å²) in [6, 6.07) is 5.01. The number of methoxy groups -OCH3 is 1. The molecule has 4 saturated heterocycles. The van der Waals surface area contributed by atoms with Gasteiger partial charge in [-0.25, -0.2) is 4.68 Å². The fraction of sp³-hybridized carbons (Fsp3) is 0.787. The first kappa shape index (κ1) is 53.0. The molecule has 2 aromatic rings. The monoisotopic (exact) mass is 970 g/mol. The quantitative estimate of drug-likeness (QED) is 0.218. The van der Waals surface area contributed by atoms with Crippen LogP contribution in [0.4, 0.5) is 0 Å². The minimum Gasteiger partial charge on any atom is -0.459 e. The van der Waals surface area contributed by atoms with Crippen molar-refractivity contribution in [3.8, 4) is 0 Å². The van der Waals surface area contributed by atoms with Gasteiger partial charge < -0.3 is 58.5 Å². The molecule has 4 fully saturated rings. The number of benzene rings is 1. The Kier molecular flexibility index (Phi) is 17.1. The van der Waals surface area contributed by atoms with Gasteiger partial charge >= 0.3 is 5.97 Å². The standard InChI is InChI=1S/C47H72Cl2N4O13/c1-12-35-47(9,59)40(56)25(3)37(54)30-19-46(8,61-23-30)42(26(4)39(27(5)43(58)64-35)65-36-20-45(7,60-11)41(57)28(6)63-36)66-44-38(55)34(17-24(2)62-44)52(10)16-15-31-22-53(51-50-31)21-29-13-14-32(48)33(49)18-29/h13-14,18,22,24-28,30,34-36,38-42,44,55-57,59H,12,15-17,19-21,23H2,1-11H3/t24-,25+,26+,27-,28+,30+,34+,35-,36+,38-,39+,40-,41+,42-,44+,45-,46-,47-/m1/s1. The SMILES string of the molecule is CC[C@H]1OC(=O)[C@H](C)[C@@H](O[C@H]2C[C@@](C)(OC)[C@@H](O)[C@H](C)O2)[C@H](C)[C@@H](O[C@@H]2O[C@H](C)C[C@H](N(C)CCc3cn(Cc4ccc(Cl)c(Cl)c4)nn3)[C@H]2O)[C@@]2(C)C[C@@H](CO2)C(=O)[C@H](C)[C@@H](O)[C@]1(C)O. The second-order valence-corrected chi connectivity index (χ2v) is 20.8. The highest BCUT2D eigenvalue weighted by Gasteiger charge is 2.56. The Morgan fingerprint density at radius 2 is 1.68 bits per heavy atom. The number of aliphatic hydroxyl groups excluding tert-OH is 3. The van der Waals surface area contributed by atoms with Crippen LogP contribution in [0.15, 0.2) is 24.4 Å². The molecule has 0 radical (unpaired) electrons. The molecule has 17 nitrogen and oxygen atoms in total. The summed E-state index contributed by atoms with van der Waals surface area (Å²) < 4.78 is 46.6. The third-order valence-electron chi connectivity index (χ3n) is 14.8. The molecule has 0 unspecified atom stereocenters. The molecule has 1 aromatic carbocycles. The number of cyclic esters (lactones) is 1. The van der Waals surface area contributed by atoms with Gasteiger partial charge in [0.25, 0.3) is 0 Å². The maximum atomic E-state index is 14.4. The first-order valence-corrected chi connectivity index (χ1v) is 24.0. The Morgan fingerprint density at radius 3 is 2.35 bits per heavy atom. The van der Waals surface area contributed by atoms with E-state index in [2.05, 4.69) is 15.2 Å². The van der Waals surface area contributed by atoms with Crippen molar-refractivity contribution in [3.05, 3.63) is 45.7 Å². The van der Waals surface area contributed by atoms with Gasteiger partial charge in [0.2, 0.25) is 0 Å². The number of carbonyl (C=O) groups is 2. The lowest BCUT2D eigenvalue weighted by Gasteiger charge is -2.49. The molecule has 18 atom stereocenters. The average molecular weight is 972 g/mol. The smallest absolute Gasteiger partial charge is 0.311 e. The number of ether oxygens (including phenoxy) is 7. The predicted molar refractivity (Wildman–Crippen MR) is 243 cm³/mol. The summed E-state index contributed by atoms with van der Waals surface area (Å²) in [6.45, 7) is 16.3. The molecule has 2 bridgehead atoms. The number of rotatable bonds is 12. The van der Waals surface area contributed by atoms with E-state index in [1.807, 2.05) is 40.1 Å². The highest BCUT2D eigenvalue weighted by atomic mass is 35.5. The van der Waals surface area contributed by atoms with Gasteiger partial charge in [-0.2, -0.15) is 0 Å². The molecule has 4 aliphatic rings. The van der Waals surface area contributed by atoms with Crippen LogP contribution >= 0.6 is 23.2 Å². The van der Waals surface area contributed by atoms with Crippen molar-refractivity contribution in [1.82, 2.24) is 19.9 Å². The zero-order valence-corrected chi connectivity index (χ0v) is 41.6. The molecule has 372 valence electrons. The Balaban J connectivity index is 1.29. The van der Waals surface area contributed by atoms with E-state index in [1.165, 1.54) is 14.0 Å². The molecule has 0 aliphatic carbocycles. The average Bonchev–Trinajstić information content (AvgIpc) is 3.91. The zero-order valence-electron chi connectivity index (χ0n) is 40.1. The predicted octanol–water partition coefficient (Wildman–Crippen LogP) is 4.36. The minimum atomic E-state index is -1.99. The number of nitrogens with zero attached hydrogens (tertiary/aromatic N) is 4. The Hall–Kier alpha value is -2.36. The third-order valence-corrected chi connectivity index (χ3v) is 15.6. The number of ketones is 1. The highest BCUT2D eigenvalue weighted by Crippen LogP contribution is 2.44. The maximum absolute atomic E-state index is 14.4. The largest absolute Gasteiger partial charge is 0.459 e. The lowest BCUT2D eigenvalue weighted by atomic mass is 9.75. The van der Waals surface area contributed by atoms with E-state index in [4.69, 9.17) is 56.4 Å². The number of aromatic nitrogens is 3. The molecule has 6 rings (SSSR count). The summed E-state index contributed by atoms with van der Waals surface area (Å²) >= 11 is 12.3.